The molecule has 1 fully saturated rings. The zero-order valence-corrected chi connectivity index (χ0v) is 18.5. The van der Waals surface area contributed by atoms with Crippen LogP contribution in [0, 0.1) is 11.3 Å². The summed E-state index contributed by atoms with van der Waals surface area (Å²) in [6.07, 6.45) is 1.05. The van der Waals surface area contributed by atoms with Gasteiger partial charge < -0.3 is 14.7 Å². The molecule has 4 rings (SSSR count). The third-order valence-corrected chi connectivity index (χ3v) is 6.03. The molecule has 2 heterocycles. The second kappa shape index (κ2) is 8.19. The number of benzene rings is 2. The molecule has 2 aliphatic heterocycles. The molecule has 2 aromatic carbocycles. The van der Waals surface area contributed by atoms with Gasteiger partial charge in [0.15, 0.2) is 0 Å². The van der Waals surface area contributed by atoms with Gasteiger partial charge in [0, 0.05) is 12.2 Å². The Morgan fingerprint density at radius 3 is 2.50 bits per heavy atom. The van der Waals surface area contributed by atoms with E-state index in [2.05, 4.69) is 11.0 Å². The van der Waals surface area contributed by atoms with Gasteiger partial charge in [-0.25, -0.2) is 4.79 Å². The molecule has 0 spiro atoms. The summed E-state index contributed by atoms with van der Waals surface area (Å²) in [4.78, 5) is 29.6. The number of amides is 1. The SMILES string of the molecule is CC(C)(C)OC(=O)N1c2cc(C#N)ccc2C(C(=O)O)C1C1CCCN1c1ccccc1. The van der Waals surface area contributed by atoms with Crippen molar-refractivity contribution in [1.82, 2.24) is 0 Å². The first-order valence-corrected chi connectivity index (χ1v) is 10.8. The molecule has 2 aromatic rings. The van der Waals surface area contributed by atoms with Gasteiger partial charge in [0.2, 0.25) is 0 Å². The van der Waals surface area contributed by atoms with E-state index in [4.69, 9.17) is 4.74 Å². The lowest BCUT2D eigenvalue weighted by molar-refractivity contribution is -0.139. The Kier molecular flexibility index (Phi) is 5.55. The van der Waals surface area contributed by atoms with Gasteiger partial charge >= 0.3 is 12.1 Å². The van der Waals surface area contributed by atoms with Crippen LogP contribution in [0.4, 0.5) is 16.2 Å². The summed E-state index contributed by atoms with van der Waals surface area (Å²) in [5.41, 5.74) is 1.60. The molecule has 7 nitrogen and oxygen atoms in total. The van der Waals surface area contributed by atoms with Crippen molar-refractivity contribution in [2.45, 2.75) is 57.2 Å². The fraction of sp³-hybridized carbons (Fsp3) is 0.400. The molecule has 0 radical (unpaired) electrons. The predicted molar refractivity (Wildman–Crippen MR) is 121 cm³/mol. The molecule has 0 saturated carbocycles. The second-order valence-corrected chi connectivity index (χ2v) is 9.28. The highest BCUT2D eigenvalue weighted by Gasteiger charge is 2.52. The van der Waals surface area contributed by atoms with Crippen molar-refractivity contribution in [3.05, 3.63) is 59.7 Å². The van der Waals surface area contributed by atoms with E-state index in [1.165, 1.54) is 4.90 Å². The number of carbonyl (C=O) groups excluding carboxylic acids is 1. The Labute approximate surface area is 187 Å². The van der Waals surface area contributed by atoms with Crippen LogP contribution in [0.15, 0.2) is 48.5 Å². The number of para-hydroxylation sites is 1. The molecule has 3 atom stereocenters. The molecular formula is C25H27N3O4. The predicted octanol–water partition coefficient (Wildman–Crippen LogP) is 4.52. The maximum atomic E-state index is 13.4. The van der Waals surface area contributed by atoms with Crippen molar-refractivity contribution in [3.8, 4) is 6.07 Å². The zero-order chi connectivity index (χ0) is 23.0. The highest BCUT2D eigenvalue weighted by molar-refractivity contribution is 5.97. The number of nitriles is 1. The normalized spacial score (nSPS) is 22.4. The number of carbonyl (C=O) groups is 2. The summed E-state index contributed by atoms with van der Waals surface area (Å²) in [5.74, 6) is -1.91. The monoisotopic (exact) mass is 433 g/mol. The Bertz CT molecular complexity index is 1070. The average molecular weight is 434 g/mol. The fourth-order valence-electron chi connectivity index (χ4n) is 4.87. The Balaban J connectivity index is 1.84. The summed E-state index contributed by atoms with van der Waals surface area (Å²) in [6, 6.07) is 15.9. The highest BCUT2D eigenvalue weighted by Crippen LogP contribution is 2.47. The number of hydrogen-bond donors (Lipinski definition) is 1. The third kappa shape index (κ3) is 3.89. The van der Waals surface area contributed by atoms with Gasteiger partial charge in [0.25, 0.3) is 0 Å². The van der Waals surface area contributed by atoms with Crippen molar-refractivity contribution in [1.29, 1.82) is 5.26 Å². The summed E-state index contributed by atoms with van der Waals surface area (Å²) >= 11 is 0. The topological polar surface area (TPSA) is 93.9 Å². The smallest absolute Gasteiger partial charge is 0.415 e. The molecule has 1 amide bonds. The van der Waals surface area contributed by atoms with E-state index in [1.807, 2.05) is 30.3 Å². The number of anilines is 2. The number of nitrogens with zero attached hydrogens (tertiary/aromatic N) is 3. The summed E-state index contributed by atoms with van der Waals surface area (Å²) in [6.45, 7) is 6.12. The molecule has 3 unspecified atom stereocenters. The van der Waals surface area contributed by atoms with Crippen LogP contribution < -0.4 is 9.80 Å². The van der Waals surface area contributed by atoms with Crippen LogP contribution in [0.3, 0.4) is 0 Å². The minimum absolute atomic E-state index is 0.205. The van der Waals surface area contributed by atoms with E-state index < -0.39 is 29.6 Å². The Hall–Kier alpha value is -3.53. The number of fused-ring (bicyclic) bond motifs is 1. The van der Waals surface area contributed by atoms with E-state index in [0.29, 0.717) is 16.8 Å². The van der Waals surface area contributed by atoms with E-state index in [-0.39, 0.29) is 6.04 Å². The molecule has 2 aliphatic rings. The largest absolute Gasteiger partial charge is 0.481 e. The van der Waals surface area contributed by atoms with E-state index in [0.717, 1.165) is 25.1 Å². The van der Waals surface area contributed by atoms with Crippen LogP contribution in [0.1, 0.15) is 50.7 Å². The van der Waals surface area contributed by atoms with E-state index >= 15 is 0 Å². The summed E-state index contributed by atoms with van der Waals surface area (Å²) < 4.78 is 5.70. The lowest BCUT2D eigenvalue weighted by Crippen LogP contribution is -2.54. The Morgan fingerprint density at radius 1 is 1.16 bits per heavy atom. The molecule has 0 aliphatic carbocycles. The molecule has 7 heteroatoms. The van der Waals surface area contributed by atoms with Crippen LogP contribution in [0.5, 0.6) is 0 Å². The van der Waals surface area contributed by atoms with Gasteiger partial charge in [0.1, 0.15) is 11.5 Å². The standard InChI is InChI=1S/C25H27N3O4/c1-25(2,3)32-24(31)28-20-14-16(15-26)11-12-18(20)21(23(29)30)22(28)19-10-7-13-27(19)17-8-5-4-6-9-17/h4-6,8-9,11-12,14,19,21-22H,7,10,13H2,1-3H3,(H,29,30). The molecule has 166 valence electrons. The van der Waals surface area contributed by atoms with Gasteiger partial charge in [0.05, 0.1) is 29.4 Å². The van der Waals surface area contributed by atoms with E-state index in [9.17, 15) is 20.0 Å². The van der Waals surface area contributed by atoms with Crippen molar-refractivity contribution in [2.24, 2.45) is 0 Å². The minimum atomic E-state index is -0.994. The molecular weight excluding hydrogens is 406 g/mol. The summed E-state index contributed by atoms with van der Waals surface area (Å²) in [5, 5.41) is 19.7. The van der Waals surface area contributed by atoms with Crippen molar-refractivity contribution < 1.29 is 19.4 Å². The average Bonchev–Trinajstić information content (AvgIpc) is 3.34. The zero-order valence-electron chi connectivity index (χ0n) is 18.5. The molecule has 0 aromatic heterocycles. The first kappa shape index (κ1) is 21.7. The quantitative estimate of drug-likeness (QED) is 0.765. The second-order valence-electron chi connectivity index (χ2n) is 9.28. The van der Waals surface area contributed by atoms with Crippen LogP contribution in [0.2, 0.25) is 0 Å². The van der Waals surface area contributed by atoms with Crippen LogP contribution in [-0.4, -0.2) is 41.4 Å². The number of rotatable bonds is 3. The lowest BCUT2D eigenvalue weighted by Gasteiger charge is -2.38. The third-order valence-electron chi connectivity index (χ3n) is 6.03. The van der Waals surface area contributed by atoms with Gasteiger partial charge in [-0.15, -0.1) is 0 Å². The number of hydrogen-bond acceptors (Lipinski definition) is 5. The number of ether oxygens (including phenoxy) is 1. The van der Waals surface area contributed by atoms with E-state index in [1.54, 1.807) is 39.0 Å². The molecule has 1 N–H and O–H groups in total. The van der Waals surface area contributed by atoms with Crippen LogP contribution in [0.25, 0.3) is 0 Å². The molecule has 0 bridgehead atoms. The van der Waals surface area contributed by atoms with Crippen LogP contribution >= 0.6 is 0 Å². The summed E-state index contributed by atoms with van der Waals surface area (Å²) in [7, 11) is 0. The van der Waals surface area contributed by atoms with Gasteiger partial charge in [-0.3, -0.25) is 9.69 Å². The fourth-order valence-corrected chi connectivity index (χ4v) is 4.87. The van der Waals surface area contributed by atoms with Crippen LogP contribution in [-0.2, 0) is 9.53 Å². The first-order valence-electron chi connectivity index (χ1n) is 10.8. The molecule has 1 saturated heterocycles. The van der Waals surface area contributed by atoms with Gasteiger partial charge in [-0.1, -0.05) is 24.3 Å². The van der Waals surface area contributed by atoms with Crippen molar-refractivity contribution in [2.75, 3.05) is 16.3 Å². The minimum Gasteiger partial charge on any atom is -0.481 e. The number of aliphatic carboxylic acids is 1. The first-order chi connectivity index (χ1) is 15.2. The Morgan fingerprint density at radius 2 is 1.88 bits per heavy atom. The number of carboxylic acids is 1. The lowest BCUT2D eigenvalue weighted by atomic mass is 9.88. The van der Waals surface area contributed by atoms with Gasteiger partial charge in [-0.05, 0) is 63.4 Å². The maximum Gasteiger partial charge on any atom is 0.415 e. The van der Waals surface area contributed by atoms with Gasteiger partial charge in [-0.2, -0.15) is 5.26 Å². The number of carboxylic acid groups (broad SMARTS) is 1. The molecule has 32 heavy (non-hydrogen) atoms. The van der Waals surface area contributed by atoms with Crippen molar-refractivity contribution >= 4 is 23.4 Å². The maximum absolute atomic E-state index is 13.4. The highest BCUT2D eigenvalue weighted by atomic mass is 16.6. The van der Waals surface area contributed by atoms with Crippen molar-refractivity contribution in [3.63, 3.8) is 0 Å².